The Morgan fingerprint density at radius 1 is 1.53 bits per heavy atom. The minimum Gasteiger partial charge on any atom is -0.371 e. The van der Waals surface area contributed by atoms with Crippen molar-refractivity contribution in [1.29, 1.82) is 0 Å². The average molecular weight is 252 g/mol. The molecule has 94 valence electrons. The van der Waals surface area contributed by atoms with Crippen molar-refractivity contribution in [3.63, 3.8) is 0 Å². The molecule has 1 aromatic heterocycles. The topological polar surface area (TPSA) is 34.1 Å². The average Bonchev–Trinajstić information content (AvgIpc) is 2.84. The predicted molar refractivity (Wildman–Crippen MR) is 69.2 cm³/mol. The quantitative estimate of drug-likeness (QED) is 0.874. The first kappa shape index (κ1) is 11.6. The summed E-state index contributed by atoms with van der Waals surface area (Å²) in [4.78, 5) is 4.80. The van der Waals surface area contributed by atoms with Crippen LogP contribution < -0.4 is 5.32 Å². The molecule has 3 nitrogen and oxygen atoms in total. The van der Waals surface area contributed by atoms with Crippen molar-refractivity contribution in [3.05, 3.63) is 16.1 Å². The van der Waals surface area contributed by atoms with E-state index in [2.05, 4.69) is 17.6 Å². The fourth-order valence-electron chi connectivity index (χ4n) is 2.52. The Bertz CT molecular complexity index is 369. The molecule has 2 aliphatic rings. The Labute approximate surface area is 107 Å². The van der Waals surface area contributed by atoms with Crippen LogP contribution in [-0.4, -0.2) is 18.1 Å². The summed E-state index contributed by atoms with van der Waals surface area (Å²) in [5.41, 5.74) is 1.23. The second-order valence-electron chi connectivity index (χ2n) is 4.97. The van der Waals surface area contributed by atoms with Crippen LogP contribution in [0.2, 0.25) is 0 Å². The zero-order valence-electron chi connectivity index (χ0n) is 10.3. The van der Waals surface area contributed by atoms with Gasteiger partial charge in [0.2, 0.25) is 0 Å². The minimum atomic E-state index is 0.264. The van der Waals surface area contributed by atoms with Gasteiger partial charge in [0.15, 0.2) is 0 Å². The highest BCUT2D eigenvalue weighted by Crippen LogP contribution is 2.44. The van der Waals surface area contributed by atoms with E-state index in [0.29, 0.717) is 6.04 Å². The molecule has 0 aromatic carbocycles. The number of ether oxygens (including phenoxy) is 1. The fraction of sp³-hybridized carbons (Fsp3) is 0.769. The summed E-state index contributed by atoms with van der Waals surface area (Å²) in [6.45, 7) is 4.00. The molecule has 1 aliphatic carbocycles. The number of thiazole rings is 1. The summed E-state index contributed by atoms with van der Waals surface area (Å²) >= 11 is 1.78. The van der Waals surface area contributed by atoms with Crippen LogP contribution in [0, 0.1) is 5.92 Å². The summed E-state index contributed by atoms with van der Waals surface area (Å²) < 4.78 is 5.86. The lowest BCUT2D eigenvalue weighted by molar-refractivity contribution is 0.0461. The summed E-state index contributed by atoms with van der Waals surface area (Å²) in [5, 5.41) is 6.91. The Morgan fingerprint density at radius 3 is 3.06 bits per heavy atom. The lowest BCUT2D eigenvalue weighted by Crippen LogP contribution is -2.13. The van der Waals surface area contributed by atoms with Crippen molar-refractivity contribution in [1.82, 2.24) is 10.3 Å². The van der Waals surface area contributed by atoms with Gasteiger partial charge in [0.05, 0.1) is 11.7 Å². The lowest BCUT2D eigenvalue weighted by Gasteiger charge is -2.13. The molecule has 17 heavy (non-hydrogen) atoms. The highest BCUT2D eigenvalue weighted by molar-refractivity contribution is 7.09. The van der Waals surface area contributed by atoms with Crippen LogP contribution in [0.5, 0.6) is 0 Å². The Balaban J connectivity index is 1.73. The largest absolute Gasteiger partial charge is 0.371 e. The third kappa shape index (κ3) is 2.54. The third-order valence-corrected chi connectivity index (χ3v) is 4.52. The van der Waals surface area contributed by atoms with E-state index in [9.17, 15) is 0 Å². The van der Waals surface area contributed by atoms with Gasteiger partial charge < -0.3 is 10.1 Å². The van der Waals surface area contributed by atoms with Crippen molar-refractivity contribution in [2.75, 3.05) is 13.2 Å². The van der Waals surface area contributed by atoms with Crippen molar-refractivity contribution < 1.29 is 4.74 Å². The van der Waals surface area contributed by atoms with Gasteiger partial charge in [-0.3, -0.25) is 0 Å². The smallest absolute Gasteiger partial charge is 0.122 e. The van der Waals surface area contributed by atoms with Gasteiger partial charge >= 0.3 is 0 Å². The van der Waals surface area contributed by atoms with E-state index in [-0.39, 0.29) is 6.10 Å². The van der Waals surface area contributed by atoms with Crippen molar-refractivity contribution in [2.45, 2.75) is 44.8 Å². The number of nitrogens with zero attached hydrogens (tertiary/aromatic N) is 1. The van der Waals surface area contributed by atoms with Crippen LogP contribution in [0.25, 0.3) is 0 Å². The maximum atomic E-state index is 5.86. The van der Waals surface area contributed by atoms with Gasteiger partial charge in [0.1, 0.15) is 11.1 Å². The summed E-state index contributed by atoms with van der Waals surface area (Å²) in [6.07, 6.45) is 5.38. The molecule has 0 bridgehead atoms. The molecule has 1 aromatic rings. The second kappa shape index (κ2) is 5.04. The van der Waals surface area contributed by atoms with Crippen LogP contribution in [0.3, 0.4) is 0 Å². The molecule has 1 saturated carbocycles. The molecule has 2 unspecified atom stereocenters. The Kier molecular flexibility index (Phi) is 3.45. The maximum Gasteiger partial charge on any atom is 0.122 e. The van der Waals surface area contributed by atoms with Crippen molar-refractivity contribution in [3.8, 4) is 0 Å². The zero-order valence-corrected chi connectivity index (χ0v) is 11.1. The van der Waals surface area contributed by atoms with E-state index in [1.54, 1.807) is 11.3 Å². The van der Waals surface area contributed by atoms with Crippen LogP contribution >= 0.6 is 11.3 Å². The lowest BCUT2D eigenvalue weighted by atomic mass is 10.2. The first-order valence-corrected chi connectivity index (χ1v) is 7.56. The Morgan fingerprint density at radius 2 is 2.41 bits per heavy atom. The minimum absolute atomic E-state index is 0.264. The monoisotopic (exact) mass is 252 g/mol. The van der Waals surface area contributed by atoms with E-state index in [1.165, 1.54) is 36.4 Å². The molecule has 1 N–H and O–H groups in total. The van der Waals surface area contributed by atoms with Crippen LogP contribution in [-0.2, 0) is 4.74 Å². The Hall–Kier alpha value is -0.450. The molecule has 0 spiro atoms. The normalized spacial score (nSPS) is 26.3. The van der Waals surface area contributed by atoms with E-state index in [0.717, 1.165) is 19.1 Å². The van der Waals surface area contributed by atoms with Gasteiger partial charge in [-0.2, -0.15) is 0 Å². The number of rotatable bonds is 5. The molecular weight excluding hydrogens is 232 g/mol. The molecule has 1 aliphatic heterocycles. The van der Waals surface area contributed by atoms with Crippen LogP contribution in [0.1, 0.15) is 55.5 Å². The van der Waals surface area contributed by atoms with E-state index < -0.39 is 0 Å². The van der Waals surface area contributed by atoms with Crippen LogP contribution in [0.4, 0.5) is 0 Å². The highest BCUT2D eigenvalue weighted by atomic mass is 32.1. The molecule has 1 saturated heterocycles. The van der Waals surface area contributed by atoms with E-state index in [1.807, 2.05) is 0 Å². The number of hydrogen-bond donors (Lipinski definition) is 1. The van der Waals surface area contributed by atoms with Gasteiger partial charge in [-0.15, -0.1) is 11.3 Å². The molecule has 0 amide bonds. The molecule has 2 fully saturated rings. The van der Waals surface area contributed by atoms with E-state index in [4.69, 9.17) is 9.72 Å². The van der Waals surface area contributed by atoms with E-state index >= 15 is 0 Å². The molecular formula is C13H20N2OS. The molecule has 3 rings (SSSR count). The molecule has 2 heterocycles. The first-order valence-electron chi connectivity index (χ1n) is 6.68. The van der Waals surface area contributed by atoms with Crippen molar-refractivity contribution in [2.24, 2.45) is 5.92 Å². The van der Waals surface area contributed by atoms with Gasteiger partial charge in [-0.25, -0.2) is 4.98 Å². The van der Waals surface area contributed by atoms with Gasteiger partial charge in [0.25, 0.3) is 0 Å². The summed E-state index contributed by atoms with van der Waals surface area (Å²) in [7, 11) is 0. The van der Waals surface area contributed by atoms with Gasteiger partial charge in [0, 0.05) is 12.0 Å². The number of aromatic nitrogens is 1. The SMILES string of the molecule is CCOC(c1nc(C2CCCN2)cs1)C1CC1. The summed E-state index contributed by atoms with van der Waals surface area (Å²) in [6, 6.07) is 0.487. The third-order valence-electron chi connectivity index (χ3n) is 3.60. The second-order valence-corrected chi connectivity index (χ2v) is 5.86. The standard InChI is InChI=1S/C13H20N2OS/c1-2-16-12(9-5-6-9)13-15-11(8-17-13)10-4-3-7-14-10/h8-10,12,14H,2-7H2,1H3. The maximum absolute atomic E-state index is 5.86. The molecule has 0 radical (unpaired) electrons. The number of nitrogens with one attached hydrogen (secondary N) is 1. The number of hydrogen-bond acceptors (Lipinski definition) is 4. The molecule has 2 atom stereocenters. The van der Waals surface area contributed by atoms with Crippen molar-refractivity contribution >= 4 is 11.3 Å². The fourth-order valence-corrected chi connectivity index (χ4v) is 3.53. The van der Waals surface area contributed by atoms with Gasteiger partial charge in [-0.1, -0.05) is 0 Å². The van der Waals surface area contributed by atoms with Gasteiger partial charge in [-0.05, 0) is 45.1 Å². The first-order chi connectivity index (χ1) is 8.38. The zero-order chi connectivity index (χ0) is 11.7. The van der Waals surface area contributed by atoms with Crippen LogP contribution in [0.15, 0.2) is 5.38 Å². The predicted octanol–water partition coefficient (Wildman–Crippen LogP) is 3.06. The highest BCUT2D eigenvalue weighted by Gasteiger charge is 2.35. The summed E-state index contributed by atoms with van der Waals surface area (Å²) in [5.74, 6) is 0.727. The molecule has 4 heteroatoms.